The van der Waals surface area contributed by atoms with E-state index in [0.29, 0.717) is 0 Å². The van der Waals surface area contributed by atoms with Gasteiger partial charge in [0.1, 0.15) is 23.2 Å². The maximum atomic E-state index is 6.28. The smallest absolute Gasteiger partial charge is 0.494 e. The Kier molecular flexibility index (Phi) is 7.93. The Morgan fingerprint density at radius 2 is 0.917 bits per heavy atom. The minimum Gasteiger partial charge on any atom is -1.00 e. The summed E-state index contributed by atoms with van der Waals surface area (Å²) in [4.78, 5) is 0. The van der Waals surface area contributed by atoms with Crippen molar-refractivity contribution in [1.82, 2.24) is 0 Å². The van der Waals surface area contributed by atoms with Gasteiger partial charge >= 0.3 is 7.12 Å². The van der Waals surface area contributed by atoms with Gasteiger partial charge in [0.25, 0.3) is 0 Å². The Balaban J connectivity index is 0.00000304. The Labute approximate surface area is 227 Å². The topological polar surface area (TPSA) is 18.5 Å². The van der Waals surface area contributed by atoms with Crippen molar-refractivity contribution in [3.8, 4) is 0 Å². The summed E-state index contributed by atoms with van der Waals surface area (Å²) >= 11 is 0. The number of hydrogen-bond acceptors (Lipinski definition) is 2. The van der Waals surface area contributed by atoms with Crippen molar-refractivity contribution < 1.29 is 26.3 Å². The largest absolute Gasteiger partial charge is 1.00 e. The van der Waals surface area contributed by atoms with Gasteiger partial charge < -0.3 is 26.3 Å². The molecule has 5 heteroatoms. The van der Waals surface area contributed by atoms with Crippen LogP contribution in [0.5, 0.6) is 0 Å². The second kappa shape index (κ2) is 10.6. The van der Waals surface area contributed by atoms with Crippen LogP contribution in [0.3, 0.4) is 0 Å². The summed E-state index contributed by atoms with van der Waals surface area (Å²) in [5.74, 6) is 0. The molecular weight excluding hydrogens is 526 g/mol. The van der Waals surface area contributed by atoms with Crippen LogP contribution >= 0.6 is 7.26 Å². The average Bonchev–Trinajstić information content (AvgIpc) is 3.11. The van der Waals surface area contributed by atoms with Crippen LogP contribution in [0.15, 0.2) is 115 Å². The second-order valence-electron chi connectivity index (χ2n) is 10.3. The zero-order valence-corrected chi connectivity index (χ0v) is 23.9. The molecule has 2 nitrogen and oxygen atoms in total. The number of benzene rings is 4. The third-order valence-electron chi connectivity index (χ3n) is 7.52. The van der Waals surface area contributed by atoms with Crippen molar-refractivity contribution in [2.75, 3.05) is 0 Å². The first-order valence-corrected chi connectivity index (χ1v) is 14.3. The zero-order valence-electron chi connectivity index (χ0n) is 21.4. The van der Waals surface area contributed by atoms with Crippen LogP contribution in [0, 0.1) is 0 Å². The van der Waals surface area contributed by atoms with Crippen molar-refractivity contribution >= 4 is 35.8 Å². The summed E-state index contributed by atoms with van der Waals surface area (Å²) in [5, 5.41) is 4.19. The van der Waals surface area contributed by atoms with Crippen LogP contribution in [-0.4, -0.2) is 18.3 Å². The molecule has 0 atom stereocenters. The molecule has 0 aliphatic carbocycles. The molecule has 0 unspecified atom stereocenters. The van der Waals surface area contributed by atoms with Gasteiger partial charge in [-0.1, -0.05) is 78.9 Å². The summed E-state index contributed by atoms with van der Waals surface area (Å²) in [7, 11) is -2.26. The summed E-state index contributed by atoms with van der Waals surface area (Å²) < 4.78 is 12.6. The summed E-state index contributed by atoms with van der Waals surface area (Å²) in [6.07, 6.45) is 0.953. The van der Waals surface area contributed by atoms with E-state index in [9.17, 15) is 0 Å². The standard InChI is InChI=1S/C31H33BO2P.BrH/c1-30(2)31(3,4)34-32(33-30)26-22-20-25(21-23-26)24-35(27-14-8-5-9-15-27,28-16-10-6-11-17-28)29-18-12-7-13-19-29;/h5-23H,24H2,1-4H3;1H/q+1;/p-1. The molecule has 0 bridgehead atoms. The normalized spacial score (nSPS) is 16.4. The van der Waals surface area contributed by atoms with Crippen LogP contribution in [-0.2, 0) is 15.5 Å². The highest BCUT2D eigenvalue weighted by atomic mass is 79.9. The van der Waals surface area contributed by atoms with Crippen LogP contribution in [0.1, 0.15) is 33.3 Å². The molecule has 1 aliphatic rings. The monoisotopic (exact) mass is 558 g/mol. The van der Waals surface area contributed by atoms with Gasteiger partial charge in [0.05, 0.1) is 17.4 Å². The molecule has 184 valence electrons. The fourth-order valence-electron chi connectivity index (χ4n) is 4.80. The highest BCUT2D eigenvalue weighted by Crippen LogP contribution is 2.58. The minimum absolute atomic E-state index is 0. The molecule has 0 spiro atoms. The first-order valence-electron chi connectivity index (χ1n) is 12.3. The van der Waals surface area contributed by atoms with Crippen LogP contribution < -0.4 is 38.4 Å². The second-order valence-corrected chi connectivity index (χ2v) is 13.8. The van der Waals surface area contributed by atoms with E-state index in [-0.39, 0.29) is 35.3 Å². The maximum absolute atomic E-state index is 6.28. The highest BCUT2D eigenvalue weighted by Gasteiger charge is 2.52. The quantitative estimate of drug-likeness (QED) is 0.267. The van der Waals surface area contributed by atoms with Crippen LogP contribution in [0.2, 0.25) is 0 Å². The molecule has 1 aliphatic heterocycles. The molecule has 0 N–H and O–H groups in total. The minimum atomic E-state index is -1.92. The fourth-order valence-corrected chi connectivity index (χ4v) is 9.05. The number of rotatable bonds is 6. The third-order valence-corrected chi connectivity index (χ3v) is 11.9. The van der Waals surface area contributed by atoms with Crippen molar-refractivity contribution in [3.63, 3.8) is 0 Å². The number of hydrogen-bond donors (Lipinski definition) is 0. The van der Waals surface area contributed by atoms with Crippen molar-refractivity contribution in [1.29, 1.82) is 0 Å². The molecule has 5 rings (SSSR count). The molecular formula is C31H33BBrO2P. The molecule has 0 radical (unpaired) electrons. The molecule has 4 aromatic carbocycles. The van der Waals surface area contributed by atoms with Gasteiger partial charge in [0, 0.05) is 0 Å². The number of halogens is 1. The lowest BCUT2D eigenvalue weighted by molar-refractivity contribution is -0.00000989. The molecule has 4 aromatic rings. The van der Waals surface area contributed by atoms with E-state index in [1.807, 2.05) is 0 Å². The molecule has 1 saturated heterocycles. The van der Waals surface area contributed by atoms with E-state index in [0.717, 1.165) is 11.6 Å². The van der Waals surface area contributed by atoms with E-state index < -0.39 is 7.26 Å². The van der Waals surface area contributed by atoms with E-state index in [4.69, 9.17) is 9.31 Å². The Hall–Kier alpha value is -2.23. The lowest BCUT2D eigenvalue weighted by Crippen LogP contribution is -3.00. The van der Waals surface area contributed by atoms with Crippen molar-refractivity contribution in [3.05, 3.63) is 121 Å². The van der Waals surface area contributed by atoms with Gasteiger partial charge in [-0.15, -0.1) is 0 Å². The molecule has 1 heterocycles. The predicted molar refractivity (Wildman–Crippen MR) is 151 cm³/mol. The molecule has 1 fully saturated rings. The molecule has 0 aromatic heterocycles. The van der Waals surface area contributed by atoms with Crippen LogP contribution in [0.25, 0.3) is 0 Å². The SMILES string of the molecule is CC1(C)OB(c2ccc(C[P+](c3ccccc3)(c3ccccc3)c3ccccc3)cc2)OC1(C)C.[Br-]. The predicted octanol–water partition coefficient (Wildman–Crippen LogP) is 2.48. The molecule has 36 heavy (non-hydrogen) atoms. The Bertz CT molecular complexity index is 1150. The van der Waals surface area contributed by atoms with Gasteiger partial charge in [-0.05, 0) is 75.1 Å². The van der Waals surface area contributed by atoms with Crippen molar-refractivity contribution in [2.45, 2.75) is 45.1 Å². The van der Waals surface area contributed by atoms with E-state index in [1.165, 1.54) is 21.5 Å². The summed E-state index contributed by atoms with van der Waals surface area (Å²) in [6.45, 7) is 8.39. The van der Waals surface area contributed by atoms with Gasteiger partial charge in [-0.25, -0.2) is 0 Å². The lowest BCUT2D eigenvalue weighted by Gasteiger charge is -2.32. The Morgan fingerprint density at radius 1 is 0.556 bits per heavy atom. The fraction of sp³-hybridized carbons (Fsp3) is 0.226. The summed E-state index contributed by atoms with van der Waals surface area (Å²) in [5.41, 5.74) is 1.70. The average molecular weight is 559 g/mol. The van der Waals surface area contributed by atoms with Crippen LogP contribution in [0.4, 0.5) is 0 Å². The van der Waals surface area contributed by atoms with Crippen molar-refractivity contribution in [2.24, 2.45) is 0 Å². The van der Waals surface area contributed by atoms with Gasteiger partial charge in [0.15, 0.2) is 0 Å². The molecule has 0 saturated carbocycles. The highest BCUT2D eigenvalue weighted by molar-refractivity contribution is 7.95. The zero-order chi connectivity index (χ0) is 24.5. The third kappa shape index (κ3) is 4.98. The lowest BCUT2D eigenvalue weighted by atomic mass is 9.79. The summed E-state index contributed by atoms with van der Waals surface area (Å²) in [6, 6.07) is 41.9. The molecule has 0 amide bonds. The first-order chi connectivity index (χ1) is 16.8. The van der Waals surface area contributed by atoms with E-state index >= 15 is 0 Å². The van der Waals surface area contributed by atoms with Gasteiger partial charge in [-0.2, -0.15) is 0 Å². The van der Waals surface area contributed by atoms with Gasteiger partial charge in [-0.3, -0.25) is 0 Å². The van der Waals surface area contributed by atoms with Gasteiger partial charge in [0.2, 0.25) is 0 Å². The maximum Gasteiger partial charge on any atom is 0.494 e. The first kappa shape index (κ1) is 26.8. The Morgan fingerprint density at radius 3 is 1.28 bits per heavy atom. The van der Waals surface area contributed by atoms with E-state index in [2.05, 4.69) is 143 Å². The van der Waals surface area contributed by atoms with E-state index in [1.54, 1.807) is 0 Å².